The van der Waals surface area contributed by atoms with Crippen LogP contribution in [0.1, 0.15) is 21.5 Å². The zero-order chi connectivity index (χ0) is 10.8. The number of hydrogen-bond acceptors (Lipinski definition) is 3. The van der Waals surface area contributed by atoms with Crippen molar-refractivity contribution in [2.75, 3.05) is 0 Å². The van der Waals surface area contributed by atoms with Crippen molar-refractivity contribution < 1.29 is 9.32 Å². The normalized spacial score (nSPS) is 10.3. The quantitative estimate of drug-likeness (QED) is 0.701. The highest BCUT2D eigenvalue weighted by Crippen LogP contribution is 2.24. The van der Waals surface area contributed by atoms with Gasteiger partial charge in [0.2, 0.25) is 0 Å². The summed E-state index contributed by atoms with van der Waals surface area (Å²) < 4.78 is 4.77. The predicted molar refractivity (Wildman–Crippen MR) is 56.8 cm³/mol. The molecule has 0 aliphatic heterocycles. The molecule has 76 valence electrons. The fourth-order valence-corrected chi connectivity index (χ4v) is 1.51. The summed E-state index contributed by atoms with van der Waals surface area (Å²) in [6, 6.07) is 5.57. The van der Waals surface area contributed by atoms with Gasteiger partial charge < -0.3 is 4.52 Å². The van der Waals surface area contributed by atoms with Crippen LogP contribution in [-0.2, 0) is 0 Å². The molecule has 0 radical (unpaired) electrons. The van der Waals surface area contributed by atoms with Gasteiger partial charge in [0.25, 0.3) is 0 Å². The molecule has 2 rings (SSSR count). The summed E-state index contributed by atoms with van der Waals surface area (Å²) in [6.45, 7) is 3.99. The second-order valence-corrected chi connectivity index (χ2v) is 3.53. The molecule has 0 aliphatic rings. The van der Waals surface area contributed by atoms with E-state index >= 15 is 0 Å². The molecule has 0 amide bonds. The average molecular weight is 201 g/mol. The van der Waals surface area contributed by atoms with Gasteiger partial charge in [-0.05, 0) is 37.1 Å². The Balaban J connectivity index is 2.65. The largest absolute Gasteiger partial charge is 0.364 e. The van der Waals surface area contributed by atoms with Crippen molar-refractivity contribution in [2.24, 2.45) is 0 Å². The lowest BCUT2D eigenvalue weighted by Gasteiger charge is -2.05. The molecule has 0 fully saturated rings. The lowest BCUT2D eigenvalue weighted by molar-refractivity contribution is 0.112. The monoisotopic (exact) mass is 201 g/mol. The summed E-state index contributed by atoms with van der Waals surface area (Å²) in [5, 5.41) is 3.83. The van der Waals surface area contributed by atoms with E-state index in [1.54, 1.807) is 6.07 Å². The first kappa shape index (κ1) is 9.65. The zero-order valence-electron chi connectivity index (χ0n) is 8.65. The molecule has 1 heterocycles. The summed E-state index contributed by atoms with van der Waals surface area (Å²) >= 11 is 0. The first-order valence-electron chi connectivity index (χ1n) is 4.69. The van der Waals surface area contributed by atoms with Crippen molar-refractivity contribution >= 4 is 6.29 Å². The highest BCUT2D eigenvalue weighted by atomic mass is 16.5. The Kier molecular flexibility index (Phi) is 2.37. The summed E-state index contributed by atoms with van der Waals surface area (Å²) in [7, 11) is 0. The summed E-state index contributed by atoms with van der Waals surface area (Å²) in [5.41, 5.74) is 4.40. The van der Waals surface area contributed by atoms with Crippen LogP contribution < -0.4 is 0 Å². The van der Waals surface area contributed by atoms with Gasteiger partial charge in [0.15, 0.2) is 6.29 Å². The van der Waals surface area contributed by atoms with Gasteiger partial charge in [-0.3, -0.25) is 4.79 Å². The highest BCUT2D eigenvalue weighted by Gasteiger charge is 2.09. The van der Waals surface area contributed by atoms with Gasteiger partial charge in [0, 0.05) is 17.2 Å². The maximum Gasteiger partial charge on any atom is 0.150 e. The molecule has 2 aromatic rings. The second kappa shape index (κ2) is 3.69. The first-order valence-corrected chi connectivity index (χ1v) is 4.69. The number of carbonyl (C=O) groups is 1. The van der Waals surface area contributed by atoms with Crippen LogP contribution in [0.4, 0.5) is 0 Å². The molecule has 0 spiro atoms. The van der Waals surface area contributed by atoms with Gasteiger partial charge in [-0.2, -0.15) is 0 Å². The van der Waals surface area contributed by atoms with Gasteiger partial charge in [0.1, 0.15) is 12.0 Å². The van der Waals surface area contributed by atoms with E-state index in [1.807, 2.05) is 26.0 Å². The smallest absolute Gasteiger partial charge is 0.150 e. The van der Waals surface area contributed by atoms with Crippen LogP contribution in [0.25, 0.3) is 11.3 Å². The minimum absolute atomic E-state index is 0.645. The molecule has 0 unspecified atom stereocenters. The number of aryl methyl sites for hydroxylation is 2. The standard InChI is InChI=1S/C12H11NO2/c1-8-5-10(7-14)11(6-9(8)2)12-3-4-15-13-12/h3-7H,1-2H3. The van der Waals surface area contributed by atoms with Crippen molar-refractivity contribution in [3.63, 3.8) is 0 Å². The third-order valence-electron chi connectivity index (χ3n) is 2.51. The van der Waals surface area contributed by atoms with E-state index in [-0.39, 0.29) is 0 Å². The van der Waals surface area contributed by atoms with Crippen LogP contribution in [-0.4, -0.2) is 11.4 Å². The number of aldehydes is 1. The third-order valence-corrected chi connectivity index (χ3v) is 2.51. The number of rotatable bonds is 2. The van der Waals surface area contributed by atoms with Crippen molar-refractivity contribution in [3.8, 4) is 11.3 Å². The van der Waals surface area contributed by atoms with E-state index in [1.165, 1.54) is 6.26 Å². The molecule has 3 nitrogen and oxygen atoms in total. The summed E-state index contributed by atoms with van der Waals surface area (Å²) in [4.78, 5) is 10.9. The summed E-state index contributed by atoms with van der Waals surface area (Å²) in [6.07, 6.45) is 2.34. The van der Waals surface area contributed by atoms with Gasteiger partial charge in [-0.15, -0.1) is 0 Å². The lowest BCUT2D eigenvalue weighted by atomic mass is 9.99. The Morgan fingerprint density at radius 1 is 1.27 bits per heavy atom. The van der Waals surface area contributed by atoms with E-state index in [0.717, 1.165) is 23.0 Å². The number of benzene rings is 1. The van der Waals surface area contributed by atoms with Gasteiger partial charge in [-0.1, -0.05) is 5.16 Å². The van der Waals surface area contributed by atoms with E-state index in [0.29, 0.717) is 11.3 Å². The Bertz CT molecular complexity index is 487. The van der Waals surface area contributed by atoms with E-state index in [4.69, 9.17) is 4.52 Å². The Morgan fingerprint density at radius 3 is 2.60 bits per heavy atom. The molecule has 15 heavy (non-hydrogen) atoms. The maximum absolute atomic E-state index is 10.9. The molecule has 1 aromatic carbocycles. The third kappa shape index (κ3) is 1.68. The molecule has 0 N–H and O–H groups in total. The topological polar surface area (TPSA) is 43.1 Å². The molecule has 0 bridgehead atoms. The molecule has 0 saturated carbocycles. The van der Waals surface area contributed by atoms with Crippen LogP contribution in [0.15, 0.2) is 29.0 Å². The first-order chi connectivity index (χ1) is 7.22. The van der Waals surface area contributed by atoms with E-state index in [2.05, 4.69) is 5.16 Å². The predicted octanol–water partition coefficient (Wildman–Crippen LogP) is 2.77. The molecule has 0 saturated heterocycles. The minimum atomic E-state index is 0.645. The fourth-order valence-electron chi connectivity index (χ4n) is 1.51. The van der Waals surface area contributed by atoms with Crippen molar-refractivity contribution in [1.82, 2.24) is 5.16 Å². The van der Waals surface area contributed by atoms with Gasteiger partial charge >= 0.3 is 0 Å². The number of hydrogen-bond donors (Lipinski definition) is 0. The van der Waals surface area contributed by atoms with Crippen molar-refractivity contribution in [2.45, 2.75) is 13.8 Å². The van der Waals surface area contributed by atoms with E-state index < -0.39 is 0 Å². The Hall–Kier alpha value is -1.90. The molecular formula is C12H11NO2. The Morgan fingerprint density at radius 2 is 2.00 bits per heavy atom. The SMILES string of the molecule is Cc1cc(C=O)c(-c2ccon2)cc1C. The molecule has 1 aromatic heterocycles. The summed E-state index contributed by atoms with van der Waals surface area (Å²) in [5.74, 6) is 0. The molecular weight excluding hydrogens is 190 g/mol. The zero-order valence-corrected chi connectivity index (χ0v) is 8.65. The fraction of sp³-hybridized carbons (Fsp3) is 0.167. The average Bonchev–Trinajstić information content (AvgIpc) is 2.74. The van der Waals surface area contributed by atoms with Crippen LogP contribution >= 0.6 is 0 Å². The van der Waals surface area contributed by atoms with Crippen molar-refractivity contribution in [1.29, 1.82) is 0 Å². The van der Waals surface area contributed by atoms with Crippen LogP contribution in [0.2, 0.25) is 0 Å². The Labute approximate surface area is 87.7 Å². The number of carbonyl (C=O) groups excluding carboxylic acids is 1. The minimum Gasteiger partial charge on any atom is -0.364 e. The second-order valence-electron chi connectivity index (χ2n) is 3.53. The van der Waals surface area contributed by atoms with Crippen molar-refractivity contribution in [3.05, 3.63) is 41.2 Å². The molecule has 0 aliphatic carbocycles. The van der Waals surface area contributed by atoms with Crippen LogP contribution in [0.3, 0.4) is 0 Å². The lowest BCUT2D eigenvalue weighted by Crippen LogP contribution is -1.92. The van der Waals surface area contributed by atoms with Gasteiger partial charge in [0.05, 0.1) is 0 Å². The highest BCUT2D eigenvalue weighted by molar-refractivity contribution is 5.87. The van der Waals surface area contributed by atoms with E-state index in [9.17, 15) is 4.79 Å². The number of aromatic nitrogens is 1. The number of nitrogens with zero attached hydrogens (tertiary/aromatic N) is 1. The maximum atomic E-state index is 10.9. The molecule has 3 heteroatoms. The van der Waals surface area contributed by atoms with Crippen LogP contribution in [0, 0.1) is 13.8 Å². The van der Waals surface area contributed by atoms with Crippen LogP contribution in [0.5, 0.6) is 0 Å². The molecule has 0 atom stereocenters. The van der Waals surface area contributed by atoms with Gasteiger partial charge in [-0.25, -0.2) is 0 Å².